The summed E-state index contributed by atoms with van der Waals surface area (Å²) in [6, 6.07) is 4.00. The first kappa shape index (κ1) is 8.94. The minimum absolute atomic E-state index is 0.0942. The Morgan fingerprint density at radius 3 is 3.08 bits per heavy atom. The zero-order chi connectivity index (χ0) is 8.81. The van der Waals surface area contributed by atoms with Crippen molar-refractivity contribution >= 4 is 0 Å². The van der Waals surface area contributed by atoms with Gasteiger partial charge in [-0.15, -0.1) is 6.58 Å². The van der Waals surface area contributed by atoms with Crippen LogP contribution in [0.15, 0.2) is 37.2 Å². The fraction of sp³-hybridized carbons (Fsp3) is 0.300. The van der Waals surface area contributed by atoms with Gasteiger partial charge in [-0.1, -0.05) is 12.1 Å². The van der Waals surface area contributed by atoms with E-state index in [-0.39, 0.29) is 6.04 Å². The van der Waals surface area contributed by atoms with Crippen molar-refractivity contribution in [3.8, 4) is 0 Å². The molecule has 2 N–H and O–H groups in total. The highest BCUT2D eigenvalue weighted by Gasteiger charge is 2.02. The van der Waals surface area contributed by atoms with Gasteiger partial charge in [0, 0.05) is 18.4 Å². The maximum absolute atomic E-state index is 5.89. The summed E-state index contributed by atoms with van der Waals surface area (Å²) >= 11 is 0. The molecule has 0 amide bonds. The minimum Gasteiger partial charge on any atom is -0.324 e. The summed E-state index contributed by atoms with van der Waals surface area (Å²) in [4.78, 5) is 4.01. The average molecular weight is 162 g/mol. The molecule has 0 bridgehead atoms. The Morgan fingerprint density at radius 2 is 2.50 bits per heavy atom. The van der Waals surface area contributed by atoms with Gasteiger partial charge in [0.1, 0.15) is 0 Å². The second kappa shape index (κ2) is 4.67. The molecule has 1 unspecified atom stereocenters. The zero-order valence-electron chi connectivity index (χ0n) is 7.11. The predicted octanol–water partition coefficient (Wildman–Crippen LogP) is 2.05. The van der Waals surface area contributed by atoms with Crippen molar-refractivity contribution in [1.82, 2.24) is 4.98 Å². The van der Waals surface area contributed by atoms with E-state index >= 15 is 0 Å². The maximum Gasteiger partial charge on any atom is 0.0315 e. The van der Waals surface area contributed by atoms with Crippen LogP contribution in [0.5, 0.6) is 0 Å². The van der Waals surface area contributed by atoms with Crippen LogP contribution in [0.2, 0.25) is 0 Å². The molecule has 0 aliphatic carbocycles. The minimum atomic E-state index is 0.0942. The van der Waals surface area contributed by atoms with E-state index in [0.717, 1.165) is 18.4 Å². The van der Waals surface area contributed by atoms with Gasteiger partial charge >= 0.3 is 0 Å². The van der Waals surface area contributed by atoms with E-state index in [1.807, 2.05) is 24.4 Å². The number of aromatic nitrogens is 1. The van der Waals surface area contributed by atoms with Crippen LogP contribution < -0.4 is 5.73 Å². The molecular formula is C10H14N2. The van der Waals surface area contributed by atoms with Gasteiger partial charge in [0.2, 0.25) is 0 Å². The normalized spacial score (nSPS) is 12.4. The second-order valence-electron chi connectivity index (χ2n) is 2.76. The van der Waals surface area contributed by atoms with Gasteiger partial charge < -0.3 is 5.73 Å². The molecule has 0 saturated heterocycles. The third kappa shape index (κ3) is 2.47. The Kier molecular flexibility index (Phi) is 3.48. The standard InChI is InChI=1S/C10H14N2/c1-2-3-6-10(11)9-5-4-7-12-8-9/h2,4-5,7-8,10H,1,3,6,11H2. The van der Waals surface area contributed by atoms with Crippen molar-refractivity contribution < 1.29 is 0 Å². The lowest BCUT2D eigenvalue weighted by molar-refractivity contribution is 0.659. The Labute approximate surface area is 73.1 Å². The molecule has 1 atom stereocenters. The molecule has 0 spiro atoms. The van der Waals surface area contributed by atoms with Crippen molar-refractivity contribution in [2.45, 2.75) is 18.9 Å². The monoisotopic (exact) mass is 162 g/mol. The van der Waals surface area contributed by atoms with Gasteiger partial charge in [-0.05, 0) is 24.5 Å². The predicted molar refractivity (Wildman–Crippen MR) is 50.6 cm³/mol. The molecule has 0 fully saturated rings. The number of nitrogens with zero attached hydrogens (tertiary/aromatic N) is 1. The fourth-order valence-corrected chi connectivity index (χ4v) is 1.06. The number of hydrogen-bond acceptors (Lipinski definition) is 2. The van der Waals surface area contributed by atoms with Gasteiger partial charge in [0.15, 0.2) is 0 Å². The summed E-state index contributed by atoms with van der Waals surface area (Å²) in [5.41, 5.74) is 6.99. The third-order valence-electron chi connectivity index (χ3n) is 1.79. The summed E-state index contributed by atoms with van der Waals surface area (Å²) in [7, 11) is 0. The molecule has 1 rings (SSSR count). The molecule has 2 heteroatoms. The highest BCUT2D eigenvalue weighted by Crippen LogP contribution is 2.13. The Hall–Kier alpha value is -1.15. The average Bonchev–Trinajstić information content (AvgIpc) is 2.15. The number of rotatable bonds is 4. The smallest absolute Gasteiger partial charge is 0.0315 e. The highest BCUT2D eigenvalue weighted by atomic mass is 14.7. The number of pyridine rings is 1. The van der Waals surface area contributed by atoms with Gasteiger partial charge in [-0.3, -0.25) is 4.98 Å². The lowest BCUT2D eigenvalue weighted by atomic mass is 10.1. The summed E-state index contributed by atoms with van der Waals surface area (Å²) in [5.74, 6) is 0. The molecular weight excluding hydrogens is 148 g/mol. The second-order valence-corrected chi connectivity index (χ2v) is 2.76. The van der Waals surface area contributed by atoms with E-state index in [1.165, 1.54) is 0 Å². The molecule has 12 heavy (non-hydrogen) atoms. The summed E-state index contributed by atoms with van der Waals surface area (Å²) < 4.78 is 0. The quantitative estimate of drug-likeness (QED) is 0.688. The van der Waals surface area contributed by atoms with Crippen LogP contribution in [-0.2, 0) is 0 Å². The first-order valence-corrected chi connectivity index (χ1v) is 4.11. The molecule has 1 aromatic rings. The first-order chi connectivity index (χ1) is 5.84. The molecule has 64 valence electrons. The van der Waals surface area contributed by atoms with Gasteiger partial charge in [0.25, 0.3) is 0 Å². The van der Waals surface area contributed by atoms with E-state index in [1.54, 1.807) is 6.20 Å². The molecule has 0 saturated carbocycles. The zero-order valence-corrected chi connectivity index (χ0v) is 7.11. The molecule has 1 aromatic heterocycles. The van der Waals surface area contributed by atoms with Gasteiger partial charge in [-0.2, -0.15) is 0 Å². The van der Waals surface area contributed by atoms with Crippen LogP contribution in [-0.4, -0.2) is 4.98 Å². The summed E-state index contributed by atoms with van der Waals surface area (Å²) in [6.07, 6.45) is 7.35. The maximum atomic E-state index is 5.89. The van der Waals surface area contributed by atoms with Crippen molar-refractivity contribution in [3.05, 3.63) is 42.7 Å². The Bertz CT molecular complexity index is 231. The van der Waals surface area contributed by atoms with Crippen LogP contribution >= 0.6 is 0 Å². The van der Waals surface area contributed by atoms with Gasteiger partial charge in [0.05, 0.1) is 0 Å². The van der Waals surface area contributed by atoms with Crippen LogP contribution in [0.1, 0.15) is 24.4 Å². The Balaban J connectivity index is 2.53. The van der Waals surface area contributed by atoms with Crippen LogP contribution in [0.25, 0.3) is 0 Å². The number of hydrogen-bond donors (Lipinski definition) is 1. The van der Waals surface area contributed by atoms with Crippen molar-refractivity contribution in [3.63, 3.8) is 0 Å². The first-order valence-electron chi connectivity index (χ1n) is 4.11. The topological polar surface area (TPSA) is 38.9 Å². The van der Waals surface area contributed by atoms with E-state index in [0.29, 0.717) is 0 Å². The molecule has 2 nitrogen and oxygen atoms in total. The van der Waals surface area contributed by atoms with E-state index in [4.69, 9.17) is 5.73 Å². The number of allylic oxidation sites excluding steroid dienone is 1. The van der Waals surface area contributed by atoms with E-state index in [9.17, 15) is 0 Å². The Morgan fingerprint density at radius 1 is 1.67 bits per heavy atom. The van der Waals surface area contributed by atoms with Crippen molar-refractivity contribution in [2.75, 3.05) is 0 Å². The van der Waals surface area contributed by atoms with Crippen molar-refractivity contribution in [1.29, 1.82) is 0 Å². The fourth-order valence-electron chi connectivity index (χ4n) is 1.06. The molecule has 0 aliphatic rings. The van der Waals surface area contributed by atoms with Crippen LogP contribution in [0.3, 0.4) is 0 Å². The molecule has 1 heterocycles. The largest absolute Gasteiger partial charge is 0.324 e. The van der Waals surface area contributed by atoms with E-state index < -0.39 is 0 Å². The molecule has 0 aromatic carbocycles. The summed E-state index contributed by atoms with van der Waals surface area (Å²) in [6.45, 7) is 3.66. The highest BCUT2D eigenvalue weighted by molar-refractivity contribution is 5.12. The third-order valence-corrected chi connectivity index (χ3v) is 1.79. The van der Waals surface area contributed by atoms with Crippen LogP contribution in [0, 0.1) is 0 Å². The summed E-state index contributed by atoms with van der Waals surface area (Å²) in [5, 5.41) is 0. The lowest BCUT2D eigenvalue weighted by Crippen LogP contribution is -2.09. The molecule has 0 radical (unpaired) electrons. The lowest BCUT2D eigenvalue weighted by Gasteiger charge is -2.08. The van der Waals surface area contributed by atoms with Crippen LogP contribution in [0.4, 0.5) is 0 Å². The van der Waals surface area contributed by atoms with E-state index in [2.05, 4.69) is 11.6 Å². The van der Waals surface area contributed by atoms with Crippen molar-refractivity contribution in [2.24, 2.45) is 5.73 Å². The molecule has 0 aliphatic heterocycles. The number of nitrogens with two attached hydrogens (primary N) is 1. The SMILES string of the molecule is C=CCCC(N)c1cccnc1. The van der Waals surface area contributed by atoms with Gasteiger partial charge in [-0.25, -0.2) is 0 Å².